The number of amides is 1. The first-order valence-electron chi connectivity index (χ1n) is 6.05. The Morgan fingerprint density at radius 2 is 2.29 bits per heavy atom. The van der Waals surface area contributed by atoms with Gasteiger partial charge >= 0.3 is 0 Å². The fourth-order valence-corrected chi connectivity index (χ4v) is 2.21. The van der Waals surface area contributed by atoms with Crippen LogP contribution in [-0.4, -0.2) is 17.4 Å². The average Bonchev–Trinajstić information content (AvgIpc) is 3.08. The van der Waals surface area contributed by atoms with Gasteiger partial charge in [0.2, 0.25) is 0 Å². The lowest BCUT2D eigenvalue weighted by atomic mass is 10.0. The molecular weight excluding hydrogens is 236 g/mol. The first-order chi connectivity index (χ1) is 8.15. The third-order valence-electron chi connectivity index (χ3n) is 3.35. The molecule has 1 N–H and O–H groups in total. The smallest absolute Gasteiger partial charge is 0.252 e. The summed E-state index contributed by atoms with van der Waals surface area (Å²) in [4.78, 5) is 15.7. The van der Waals surface area contributed by atoms with E-state index in [0.29, 0.717) is 16.1 Å². The van der Waals surface area contributed by atoms with Crippen LogP contribution in [0.5, 0.6) is 0 Å². The number of hydrogen-bond acceptors (Lipinski definition) is 2. The van der Waals surface area contributed by atoms with Crippen molar-refractivity contribution in [1.82, 2.24) is 10.3 Å². The molecule has 92 valence electrons. The molecule has 3 nitrogen and oxygen atoms in total. The van der Waals surface area contributed by atoms with Crippen LogP contribution in [0, 0.1) is 5.41 Å². The van der Waals surface area contributed by atoms with Crippen LogP contribution < -0.4 is 5.32 Å². The quantitative estimate of drug-likeness (QED) is 0.819. The van der Waals surface area contributed by atoms with Gasteiger partial charge in [0.15, 0.2) is 0 Å². The molecule has 0 spiro atoms. The van der Waals surface area contributed by atoms with Crippen molar-refractivity contribution in [1.29, 1.82) is 0 Å². The van der Waals surface area contributed by atoms with Gasteiger partial charge < -0.3 is 5.32 Å². The van der Waals surface area contributed by atoms with Crippen molar-refractivity contribution in [2.45, 2.75) is 32.6 Å². The molecule has 17 heavy (non-hydrogen) atoms. The van der Waals surface area contributed by atoms with Crippen LogP contribution in [0.15, 0.2) is 18.3 Å². The van der Waals surface area contributed by atoms with Crippen LogP contribution >= 0.6 is 11.6 Å². The molecule has 1 aromatic heterocycles. The Kier molecular flexibility index (Phi) is 3.67. The van der Waals surface area contributed by atoms with Gasteiger partial charge in [-0.25, -0.2) is 4.98 Å². The van der Waals surface area contributed by atoms with Gasteiger partial charge in [0.25, 0.3) is 5.91 Å². The molecule has 1 heterocycles. The molecule has 1 aromatic rings. The van der Waals surface area contributed by atoms with E-state index in [1.165, 1.54) is 31.9 Å². The van der Waals surface area contributed by atoms with Gasteiger partial charge in [-0.15, -0.1) is 0 Å². The fraction of sp³-hybridized carbons (Fsp3) is 0.538. The number of carbonyl (C=O) groups excluding carboxylic acids is 1. The molecule has 2 rings (SSSR count). The topological polar surface area (TPSA) is 42.0 Å². The molecular formula is C13H17ClN2O. The van der Waals surface area contributed by atoms with Crippen LogP contribution in [-0.2, 0) is 0 Å². The summed E-state index contributed by atoms with van der Waals surface area (Å²) in [6, 6.07) is 3.33. The van der Waals surface area contributed by atoms with Crippen LogP contribution in [0.2, 0.25) is 5.15 Å². The van der Waals surface area contributed by atoms with Crippen molar-refractivity contribution in [3.63, 3.8) is 0 Å². The molecule has 0 atom stereocenters. The zero-order valence-electron chi connectivity index (χ0n) is 10.0. The van der Waals surface area contributed by atoms with Gasteiger partial charge in [0, 0.05) is 12.7 Å². The predicted molar refractivity (Wildman–Crippen MR) is 68.2 cm³/mol. The molecule has 0 saturated heterocycles. The lowest BCUT2D eigenvalue weighted by Gasteiger charge is -2.14. The Morgan fingerprint density at radius 1 is 1.53 bits per heavy atom. The van der Waals surface area contributed by atoms with E-state index in [9.17, 15) is 4.79 Å². The number of pyridine rings is 1. The second-order valence-electron chi connectivity index (χ2n) is 4.80. The Hall–Kier alpha value is -1.09. The summed E-state index contributed by atoms with van der Waals surface area (Å²) in [5.41, 5.74) is 0.950. The summed E-state index contributed by atoms with van der Waals surface area (Å²) in [5.74, 6) is -0.0588. The first kappa shape index (κ1) is 12.4. The van der Waals surface area contributed by atoms with Gasteiger partial charge in [-0.1, -0.05) is 24.9 Å². The summed E-state index contributed by atoms with van der Waals surface area (Å²) in [5, 5.41) is 3.39. The molecule has 0 aromatic carbocycles. The van der Waals surface area contributed by atoms with E-state index in [1.807, 2.05) is 0 Å². The molecule has 0 aliphatic heterocycles. The Bertz CT molecular complexity index is 398. The molecule has 0 unspecified atom stereocenters. The van der Waals surface area contributed by atoms with Crippen LogP contribution in [0.25, 0.3) is 0 Å². The summed E-state index contributed by atoms with van der Waals surface area (Å²) in [6.07, 6.45) is 6.36. The minimum Gasteiger partial charge on any atom is -0.351 e. The van der Waals surface area contributed by atoms with Crippen molar-refractivity contribution in [3.8, 4) is 0 Å². The van der Waals surface area contributed by atoms with Gasteiger partial charge in [-0.3, -0.25) is 4.79 Å². The van der Waals surface area contributed by atoms with Crippen molar-refractivity contribution in [3.05, 3.63) is 29.0 Å². The summed E-state index contributed by atoms with van der Waals surface area (Å²) < 4.78 is 0. The third kappa shape index (κ3) is 3.19. The number of nitrogens with zero attached hydrogens (tertiary/aromatic N) is 1. The number of aromatic nitrogens is 1. The second kappa shape index (κ2) is 5.05. The minimum atomic E-state index is -0.0588. The van der Waals surface area contributed by atoms with E-state index < -0.39 is 0 Å². The summed E-state index contributed by atoms with van der Waals surface area (Å²) >= 11 is 5.67. The van der Waals surface area contributed by atoms with E-state index in [-0.39, 0.29) is 5.91 Å². The van der Waals surface area contributed by atoms with Crippen molar-refractivity contribution in [2.75, 3.05) is 6.54 Å². The van der Waals surface area contributed by atoms with Crippen molar-refractivity contribution in [2.24, 2.45) is 5.41 Å². The van der Waals surface area contributed by atoms with Gasteiger partial charge in [0.1, 0.15) is 5.15 Å². The maximum Gasteiger partial charge on any atom is 0.252 e. The number of carbonyl (C=O) groups is 1. The highest BCUT2D eigenvalue weighted by molar-refractivity contribution is 6.29. The number of rotatable bonds is 5. The van der Waals surface area contributed by atoms with Gasteiger partial charge in [-0.2, -0.15) is 0 Å². The van der Waals surface area contributed by atoms with E-state index in [1.54, 1.807) is 12.1 Å². The van der Waals surface area contributed by atoms with E-state index in [0.717, 1.165) is 6.54 Å². The largest absolute Gasteiger partial charge is 0.351 e. The molecule has 1 fully saturated rings. The number of hydrogen-bond donors (Lipinski definition) is 1. The SMILES string of the molecule is CCCC1(CNC(=O)c2ccc(Cl)nc2)CC1. The van der Waals surface area contributed by atoms with E-state index in [2.05, 4.69) is 17.2 Å². The standard InChI is InChI=1S/C13H17ClN2O/c1-2-5-13(6-7-13)9-16-12(17)10-3-4-11(14)15-8-10/h3-4,8H,2,5-7,9H2,1H3,(H,16,17). The number of halogens is 1. The molecule has 1 saturated carbocycles. The Balaban J connectivity index is 1.87. The highest BCUT2D eigenvalue weighted by Crippen LogP contribution is 2.48. The Labute approximate surface area is 107 Å². The zero-order valence-corrected chi connectivity index (χ0v) is 10.8. The lowest BCUT2D eigenvalue weighted by molar-refractivity contribution is 0.0943. The molecule has 1 aliphatic carbocycles. The maximum absolute atomic E-state index is 11.8. The maximum atomic E-state index is 11.8. The van der Waals surface area contributed by atoms with E-state index >= 15 is 0 Å². The van der Waals surface area contributed by atoms with Crippen LogP contribution in [0.3, 0.4) is 0 Å². The molecule has 1 aliphatic rings. The second-order valence-corrected chi connectivity index (χ2v) is 5.19. The predicted octanol–water partition coefficient (Wildman–Crippen LogP) is 3.05. The fourth-order valence-electron chi connectivity index (χ4n) is 2.10. The summed E-state index contributed by atoms with van der Waals surface area (Å²) in [6.45, 7) is 2.97. The highest BCUT2D eigenvalue weighted by Gasteiger charge is 2.41. The molecule has 0 radical (unpaired) electrons. The number of nitrogens with one attached hydrogen (secondary N) is 1. The first-order valence-corrected chi connectivity index (χ1v) is 6.43. The monoisotopic (exact) mass is 252 g/mol. The zero-order chi connectivity index (χ0) is 12.3. The normalized spacial score (nSPS) is 16.6. The van der Waals surface area contributed by atoms with Crippen LogP contribution in [0.4, 0.5) is 0 Å². The van der Waals surface area contributed by atoms with Crippen LogP contribution in [0.1, 0.15) is 43.0 Å². The minimum absolute atomic E-state index is 0.0588. The molecule has 0 bridgehead atoms. The lowest BCUT2D eigenvalue weighted by Crippen LogP contribution is -2.30. The summed E-state index contributed by atoms with van der Waals surface area (Å²) in [7, 11) is 0. The van der Waals surface area contributed by atoms with Crippen molar-refractivity contribution >= 4 is 17.5 Å². The highest BCUT2D eigenvalue weighted by atomic mass is 35.5. The Morgan fingerprint density at radius 3 is 2.82 bits per heavy atom. The molecule has 4 heteroatoms. The van der Waals surface area contributed by atoms with Gasteiger partial charge in [0.05, 0.1) is 5.56 Å². The third-order valence-corrected chi connectivity index (χ3v) is 3.57. The molecule has 1 amide bonds. The van der Waals surface area contributed by atoms with Crippen molar-refractivity contribution < 1.29 is 4.79 Å². The average molecular weight is 253 g/mol. The van der Waals surface area contributed by atoms with Gasteiger partial charge in [-0.05, 0) is 36.8 Å². The van der Waals surface area contributed by atoms with E-state index in [4.69, 9.17) is 11.6 Å².